The Bertz CT molecular complexity index is 214. The van der Waals surface area contributed by atoms with Crippen LogP contribution in [-0.2, 0) is 0 Å². The maximum Gasteiger partial charge on any atom is 0.317 e. The third-order valence-electron chi connectivity index (χ3n) is 3.26. The molecule has 1 aliphatic carbocycles. The van der Waals surface area contributed by atoms with Crippen molar-refractivity contribution in [1.29, 1.82) is 0 Å². The summed E-state index contributed by atoms with van der Waals surface area (Å²) in [5, 5.41) is 3.10. The van der Waals surface area contributed by atoms with Crippen molar-refractivity contribution in [2.24, 2.45) is 0 Å². The van der Waals surface area contributed by atoms with Crippen molar-refractivity contribution in [1.82, 2.24) is 15.1 Å². The first-order valence-electron chi connectivity index (χ1n) is 5.82. The van der Waals surface area contributed by atoms with Crippen LogP contribution in [-0.4, -0.2) is 55.1 Å². The Hall–Kier alpha value is -0.770. The molecule has 4 nitrogen and oxygen atoms in total. The Morgan fingerprint density at radius 1 is 1.27 bits per heavy atom. The van der Waals surface area contributed by atoms with Gasteiger partial charge in [-0.05, 0) is 40.8 Å². The zero-order valence-electron chi connectivity index (χ0n) is 10.3. The van der Waals surface area contributed by atoms with E-state index in [1.165, 1.54) is 6.42 Å². The van der Waals surface area contributed by atoms with Crippen molar-refractivity contribution < 1.29 is 4.79 Å². The van der Waals surface area contributed by atoms with E-state index in [0.717, 1.165) is 19.5 Å². The van der Waals surface area contributed by atoms with Crippen LogP contribution < -0.4 is 5.32 Å². The molecule has 2 atom stereocenters. The molecule has 0 heterocycles. The van der Waals surface area contributed by atoms with Gasteiger partial charge in [-0.1, -0.05) is 0 Å². The van der Waals surface area contributed by atoms with E-state index in [4.69, 9.17) is 0 Å². The highest BCUT2D eigenvalue weighted by Gasteiger charge is 2.33. The van der Waals surface area contributed by atoms with Gasteiger partial charge in [0.25, 0.3) is 0 Å². The van der Waals surface area contributed by atoms with Gasteiger partial charge in [0.1, 0.15) is 0 Å². The third-order valence-corrected chi connectivity index (χ3v) is 3.26. The predicted molar refractivity (Wildman–Crippen MR) is 61.9 cm³/mol. The lowest BCUT2D eigenvalue weighted by atomic mass is 9.85. The number of nitrogens with zero attached hydrogens (tertiary/aromatic N) is 2. The first-order chi connectivity index (χ1) is 7.10. The maximum atomic E-state index is 11.8. The molecule has 0 saturated heterocycles. The summed E-state index contributed by atoms with van der Waals surface area (Å²) in [6.07, 6.45) is 2.30. The topological polar surface area (TPSA) is 35.6 Å². The van der Waals surface area contributed by atoms with E-state index in [9.17, 15) is 4.79 Å². The Morgan fingerprint density at radius 2 is 1.87 bits per heavy atom. The maximum absolute atomic E-state index is 11.8. The lowest BCUT2D eigenvalue weighted by Gasteiger charge is -2.42. The molecule has 0 unspecified atom stereocenters. The summed E-state index contributed by atoms with van der Waals surface area (Å²) < 4.78 is 0. The number of amides is 2. The van der Waals surface area contributed by atoms with Crippen LogP contribution in [0.1, 0.15) is 26.7 Å². The summed E-state index contributed by atoms with van der Waals surface area (Å²) in [5.74, 6) is 0. The number of hydrogen-bond donors (Lipinski definition) is 1. The number of rotatable bonds is 4. The lowest BCUT2D eigenvalue weighted by Crippen LogP contribution is -2.58. The van der Waals surface area contributed by atoms with Crippen LogP contribution in [0.3, 0.4) is 0 Å². The Labute approximate surface area is 92.6 Å². The molecule has 2 amide bonds. The van der Waals surface area contributed by atoms with Gasteiger partial charge in [0.2, 0.25) is 0 Å². The van der Waals surface area contributed by atoms with E-state index in [1.807, 2.05) is 18.7 Å². The second-order valence-electron chi connectivity index (χ2n) is 4.34. The van der Waals surface area contributed by atoms with Crippen LogP contribution in [0.5, 0.6) is 0 Å². The zero-order valence-corrected chi connectivity index (χ0v) is 10.3. The fourth-order valence-electron chi connectivity index (χ4n) is 2.03. The van der Waals surface area contributed by atoms with Crippen LogP contribution in [0.15, 0.2) is 0 Å². The molecular weight excluding hydrogens is 190 g/mol. The second kappa shape index (κ2) is 5.35. The van der Waals surface area contributed by atoms with Crippen molar-refractivity contribution >= 4 is 6.03 Å². The van der Waals surface area contributed by atoms with Gasteiger partial charge in [-0.2, -0.15) is 0 Å². The van der Waals surface area contributed by atoms with E-state index in [2.05, 4.69) is 24.3 Å². The number of carbonyl (C=O) groups is 1. The fraction of sp³-hybridized carbons (Fsp3) is 0.909. The third kappa shape index (κ3) is 2.84. The average molecular weight is 213 g/mol. The summed E-state index contributed by atoms with van der Waals surface area (Å²) >= 11 is 0. The minimum atomic E-state index is 0.0801. The van der Waals surface area contributed by atoms with E-state index < -0.39 is 0 Å². The Kier molecular flexibility index (Phi) is 4.39. The van der Waals surface area contributed by atoms with Crippen molar-refractivity contribution in [3.8, 4) is 0 Å². The minimum absolute atomic E-state index is 0.0801. The molecule has 88 valence electrons. The largest absolute Gasteiger partial charge is 0.334 e. The number of nitrogens with one attached hydrogen (secondary N) is 1. The first-order valence-corrected chi connectivity index (χ1v) is 5.82. The highest BCUT2D eigenvalue weighted by Crippen LogP contribution is 2.23. The van der Waals surface area contributed by atoms with Crippen LogP contribution in [0.25, 0.3) is 0 Å². The molecule has 15 heavy (non-hydrogen) atoms. The molecule has 0 spiro atoms. The van der Waals surface area contributed by atoms with E-state index in [-0.39, 0.29) is 6.03 Å². The number of likely N-dealkylation sites (N-methyl/N-ethyl adjacent to an activating group) is 1. The molecule has 1 rings (SSSR count). The monoisotopic (exact) mass is 213 g/mol. The van der Waals surface area contributed by atoms with Gasteiger partial charge in [-0.3, -0.25) is 0 Å². The normalized spacial score (nSPS) is 24.9. The molecule has 0 aromatic heterocycles. The molecule has 1 fully saturated rings. The summed E-state index contributed by atoms with van der Waals surface area (Å²) in [6, 6.07) is 0.939. The van der Waals surface area contributed by atoms with Gasteiger partial charge >= 0.3 is 6.03 Å². The van der Waals surface area contributed by atoms with Crippen LogP contribution >= 0.6 is 0 Å². The molecule has 0 radical (unpaired) electrons. The van der Waals surface area contributed by atoms with Gasteiger partial charge < -0.3 is 15.1 Å². The molecule has 0 aromatic carbocycles. The summed E-state index contributed by atoms with van der Waals surface area (Å²) in [5.41, 5.74) is 0. The van der Waals surface area contributed by atoms with Gasteiger partial charge in [0.15, 0.2) is 0 Å². The smallest absolute Gasteiger partial charge is 0.317 e. The average Bonchev–Trinajstić information content (AvgIpc) is 2.13. The molecule has 1 saturated carbocycles. The van der Waals surface area contributed by atoms with Crippen LogP contribution in [0, 0.1) is 0 Å². The number of urea groups is 1. The highest BCUT2D eigenvalue weighted by atomic mass is 16.2. The zero-order chi connectivity index (χ0) is 11.4. The molecule has 1 N–H and O–H groups in total. The molecule has 0 bridgehead atoms. The summed E-state index contributed by atoms with van der Waals surface area (Å²) in [6.45, 7) is 5.57. The molecule has 0 aromatic rings. The molecule has 1 aliphatic rings. The lowest BCUT2D eigenvalue weighted by molar-refractivity contribution is 0.127. The van der Waals surface area contributed by atoms with Crippen molar-refractivity contribution in [2.45, 2.75) is 38.8 Å². The van der Waals surface area contributed by atoms with Crippen molar-refractivity contribution in [3.63, 3.8) is 0 Å². The summed E-state index contributed by atoms with van der Waals surface area (Å²) in [4.78, 5) is 15.8. The minimum Gasteiger partial charge on any atom is -0.334 e. The SMILES string of the molecule is CCN(CC)C(=O)N[C@H]1CC[C@@H]1N(C)C. The highest BCUT2D eigenvalue weighted by molar-refractivity contribution is 5.74. The van der Waals surface area contributed by atoms with E-state index in [0.29, 0.717) is 12.1 Å². The predicted octanol–water partition coefficient (Wildman–Crippen LogP) is 1.13. The molecule has 0 aliphatic heterocycles. The molecular formula is C11H23N3O. The quantitative estimate of drug-likeness (QED) is 0.760. The fourth-order valence-corrected chi connectivity index (χ4v) is 2.03. The molecule has 4 heteroatoms. The van der Waals surface area contributed by atoms with Gasteiger partial charge in [0, 0.05) is 25.2 Å². The van der Waals surface area contributed by atoms with E-state index in [1.54, 1.807) is 0 Å². The standard InChI is InChI=1S/C11H23N3O/c1-5-14(6-2)11(15)12-9-7-8-10(9)13(3)4/h9-10H,5-8H2,1-4H3,(H,12,15)/t9-,10-/m0/s1. The van der Waals surface area contributed by atoms with Gasteiger partial charge in [-0.25, -0.2) is 4.79 Å². The van der Waals surface area contributed by atoms with Gasteiger partial charge in [0.05, 0.1) is 0 Å². The second-order valence-corrected chi connectivity index (χ2v) is 4.34. The Balaban J connectivity index is 2.38. The van der Waals surface area contributed by atoms with E-state index >= 15 is 0 Å². The van der Waals surface area contributed by atoms with Gasteiger partial charge in [-0.15, -0.1) is 0 Å². The van der Waals surface area contributed by atoms with Crippen molar-refractivity contribution in [2.75, 3.05) is 27.2 Å². The Morgan fingerprint density at radius 3 is 2.20 bits per heavy atom. The van der Waals surface area contributed by atoms with Crippen LogP contribution in [0.4, 0.5) is 4.79 Å². The van der Waals surface area contributed by atoms with Crippen LogP contribution in [0.2, 0.25) is 0 Å². The number of hydrogen-bond acceptors (Lipinski definition) is 2. The first kappa shape index (κ1) is 12.3. The van der Waals surface area contributed by atoms with Crippen molar-refractivity contribution in [3.05, 3.63) is 0 Å². The number of carbonyl (C=O) groups excluding carboxylic acids is 1. The summed E-state index contributed by atoms with van der Waals surface area (Å²) in [7, 11) is 4.14.